The van der Waals surface area contributed by atoms with Gasteiger partial charge in [-0.15, -0.1) is 11.3 Å². The van der Waals surface area contributed by atoms with E-state index in [-0.39, 0.29) is 9.99 Å². The number of hydrogen-bond donors (Lipinski definition) is 0. The number of sulfonamides is 1. The van der Waals surface area contributed by atoms with E-state index in [0.29, 0.717) is 18.7 Å². The van der Waals surface area contributed by atoms with Crippen molar-refractivity contribution in [2.75, 3.05) is 13.7 Å². The van der Waals surface area contributed by atoms with E-state index in [4.69, 9.17) is 4.74 Å². The van der Waals surface area contributed by atoms with Gasteiger partial charge in [0.2, 0.25) is 0 Å². The molecule has 7 heteroatoms. The molecule has 0 N–H and O–H groups in total. The summed E-state index contributed by atoms with van der Waals surface area (Å²) in [7, 11) is -2.21. The van der Waals surface area contributed by atoms with Crippen LogP contribution in [0.3, 0.4) is 0 Å². The summed E-state index contributed by atoms with van der Waals surface area (Å²) in [5.74, 6) is 0.247. The third kappa shape index (κ3) is 2.68. The van der Waals surface area contributed by atoms with Gasteiger partial charge in [-0.1, -0.05) is 6.42 Å². The van der Waals surface area contributed by atoms with Crippen molar-refractivity contribution in [1.29, 1.82) is 0 Å². The van der Waals surface area contributed by atoms with Crippen LogP contribution in [-0.2, 0) is 14.8 Å². The Hall–Kier alpha value is -0.920. The lowest BCUT2D eigenvalue weighted by Gasteiger charge is -2.32. The standard InChI is InChI=1S/C12H17NO4S2/c1-9(14)10-5-3-4-7-13(10)19(15,16)12-11(17-2)6-8-18-12/h6,8,10H,3-5,7H2,1-2H3/t10-/m1/s1. The second kappa shape index (κ2) is 5.60. The van der Waals surface area contributed by atoms with E-state index < -0.39 is 16.1 Å². The van der Waals surface area contributed by atoms with Crippen LogP contribution < -0.4 is 4.74 Å². The van der Waals surface area contributed by atoms with Crippen LogP contribution in [0.4, 0.5) is 0 Å². The predicted octanol–water partition coefficient (Wildman–Crippen LogP) is 1.89. The number of piperidine rings is 1. The Bertz CT molecular complexity index is 564. The highest BCUT2D eigenvalue weighted by molar-refractivity contribution is 7.91. The molecule has 1 aromatic heterocycles. The molecule has 5 nitrogen and oxygen atoms in total. The van der Waals surface area contributed by atoms with E-state index in [1.807, 2.05) is 0 Å². The fraction of sp³-hybridized carbons (Fsp3) is 0.583. The molecule has 1 atom stereocenters. The molecule has 0 bridgehead atoms. The lowest BCUT2D eigenvalue weighted by atomic mass is 10.0. The number of Topliss-reactive ketones (excluding diaryl/α,β-unsaturated/α-hetero) is 1. The molecule has 0 saturated carbocycles. The number of methoxy groups -OCH3 is 1. The first-order valence-corrected chi connectivity index (χ1v) is 8.44. The van der Waals surface area contributed by atoms with Gasteiger partial charge in [-0.25, -0.2) is 8.42 Å². The second-order valence-electron chi connectivity index (χ2n) is 4.51. The van der Waals surface area contributed by atoms with Crippen molar-refractivity contribution in [1.82, 2.24) is 4.31 Å². The number of nitrogens with zero attached hydrogens (tertiary/aromatic N) is 1. The number of ether oxygens (including phenoxy) is 1. The van der Waals surface area contributed by atoms with Gasteiger partial charge in [-0.2, -0.15) is 4.31 Å². The second-order valence-corrected chi connectivity index (χ2v) is 7.52. The molecular weight excluding hydrogens is 286 g/mol. The molecule has 0 unspecified atom stereocenters. The van der Waals surface area contributed by atoms with Gasteiger partial charge in [-0.3, -0.25) is 4.79 Å². The largest absolute Gasteiger partial charge is 0.494 e. The topological polar surface area (TPSA) is 63.7 Å². The lowest BCUT2D eigenvalue weighted by Crippen LogP contribution is -2.46. The van der Waals surface area contributed by atoms with Gasteiger partial charge in [0.15, 0.2) is 4.21 Å². The quantitative estimate of drug-likeness (QED) is 0.852. The van der Waals surface area contributed by atoms with Crippen molar-refractivity contribution in [3.63, 3.8) is 0 Å². The van der Waals surface area contributed by atoms with Crippen molar-refractivity contribution in [2.24, 2.45) is 0 Å². The van der Waals surface area contributed by atoms with Gasteiger partial charge in [0.25, 0.3) is 10.0 Å². The summed E-state index contributed by atoms with van der Waals surface area (Å²) in [5.41, 5.74) is 0. The van der Waals surface area contributed by atoms with Crippen LogP contribution in [0.1, 0.15) is 26.2 Å². The smallest absolute Gasteiger partial charge is 0.256 e. The average molecular weight is 303 g/mol. The van der Waals surface area contributed by atoms with Gasteiger partial charge < -0.3 is 4.74 Å². The van der Waals surface area contributed by atoms with E-state index >= 15 is 0 Å². The van der Waals surface area contributed by atoms with Crippen LogP contribution in [-0.4, -0.2) is 38.2 Å². The van der Waals surface area contributed by atoms with Crippen LogP contribution >= 0.6 is 11.3 Å². The van der Waals surface area contributed by atoms with E-state index in [9.17, 15) is 13.2 Å². The number of hydrogen-bond acceptors (Lipinski definition) is 5. The maximum atomic E-state index is 12.6. The van der Waals surface area contributed by atoms with E-state index in [1.54, 1.807) is 11.4 Å². The summed E-state index contributed by atoms with van der Waals surface area (Å²) >= 11 is 1.12. The first kappa shape index (κ1) is 14.5. The predicted molar refractivity (Wildman–Crippen MR) is 73.1 cm³/mol. The van der Waals surface area contributed by atoms with E-state index in [0.717, 1.165) is 24.2 Å². The molecule has 2 heterocycles. The van der Waals surface area contributed by atoms with E-state index in [1.165, 1.54) is 18.3 Å². The van der Waals surface area contributed by atoms with Crippen molar-refractivity contribution >= 4 is 27.1 Å². The van der Waals surface area contributed by atoms with Crippen LogP contribution in [0, 0.1) is 0 Å². The maximum absolute atomic E-state index is 12.6. The zero-order chi connectivity index (χ0) is 14.0. The average Bonchev–Trinajstić information content (AvgIpc) is 2.87. The zero-order valence-electron chi connectivity index (χ0n) is 11.0. The number of rotatable bonds is 4. The summed E-state index contributed by atoms with van der Waals surface area (Å²) < 4.78 is 31.9. The summed E-state index contributed by atoms with van der Waals surface area (Å²) in [6.45, 7) is 1.85. The highest BCUT2D eigenvalue weighted by atomic mass is 32.2. The van der Waals surface area contributed by atoms with Crippen molar-refractivity contribution in [3.8, 4) is 5.75 Å². The lowest BCUT2D eigenvalue weighted by molar-refractivity contribution is -0.121. The minimum atomic E-state index is -3.65. The Labute approximate surface area is 117 Å². The number of carbonyl (C=O) groups excluding carboxylic acids is 1. The monoisotopic (exact) mass is 303 g/mol. The molecule has 1 aliphatic heterocycles. The molecule has 1 saturated heterocycles. The molecule has 1 fully saturated rings. The molecule has 19 heavy (non-hydrogen) atoms. The van der Waals surface area contributed by atoms with Crippen LogP contribution in [0.2, 0.25) is 0 Å². The van der Waals surface area contributed by atoms with Crippen LogP contribution in [0.15, 0.2) is 15.7 Å². The molecule has 0 spiro atoms. The number of ketones is 1. The van der Waals surface area contributed by atoms with Crippen molar-refractivity contribution in [2.45, 2.75) is 36.4 Å². The summed E-state index contributed by atoms with van der Waals surface area (Å²) in [6, 6.07) is 1.09. The molecule has 1 aromatic rings. The van der Waals surface area contributed by atoms with E-state index in [2.05, 4.69) is 0 Å². The normalized spacial score (nSPS) is 21.3. The Morgan fingerprint density at radius 2 is 2.21 bits per heavy atom. The minimum Gasteiger partial charge on any atom is -0.494 e. The first-order valence-electron chi connectivity index (χ1n) is 6.12. The SMILES string of the molecule is COc1ccsc1S(=O)(=O)N1CCCC[C@@H]1C(C)=O. The summed E-state index contributed by atoms with van der Waals surface area (Å²) in [5, 5.41) is 1.68. The first-order chi connectivity index (χ1) is 8.98. The zero-order valence-corrected chi connectivity index (χ0v) is 12.6. The van der Waals surface area contributed by atoms with Gasteiger partial charge >= 0.3 is 0 Å². The Morgan fingerprint density at radius 3 is 2.84 bits per heavy atom. The molecule has 0 radical (unpaired) electrons. The fourth-order valence-corrected chi connectivity index (χ4v) is 5.43. The van der Waals surface area contributed by atoms with Crippen molar-refractivity contribution < 1.29 is 17.9 Å². The highest BCUT2D eigenvalue weighted by Gasteiger charge is 2.37. The number of thiophene rings is 1. The van der Waals surface area contributed by atoms with Crippen LogP contribution in [0.25, 0.3) is 0 Å². The highest BCUT2D eigenvalue weighted by Crippen LogP contribution is 2.34. The van der Waals surface area contributed by atoms with Gasteiger partial charge in [0, 0.05) is 6.54 Å². The summed E-state index contributed by atoms with van der Waals surface area (Å²) in [4.78, 5) is 11.6. The van der Waals surface area contributed by atoms with Crippen LogP contribution in [0.5, 0.6) is 5.75 Å². The third-order valence-electron chi connectivity index (χ3n) is 3.28. The summed E-state index contributed by atoms with van der Waals surface area (Å²) in [6.07, 6.45) is 2.27. The number of carbonyl (C=O) groups is 1. The maximum Gasteiger partial charge on any atom is 0.256 e. The molecule has 0 amide bonds. The Balaban J connectivity index is 2.40. The Kier molecular flexibility index (Phi) is 4.27. The van der Waals surface area contributed by atoms with Crippen molar-refractivity contribution in [3.05, 3.63) is 11.4 Å². The molecule has 1 aliphatic rings. The van der Waals surface area contributed by atoms with Gasteiger partial charge in [0.1, 0.15) is 11.5 Å². The molecule has 2 rings (SSSR count). The molecule has 0 aliphatic carbocycles. The van der Waals surface area contributed by atoms with Gasteiger partial charge in [-0.05, 0) is 31.2 Å². The third-order valence-corrected chi connectivity index (χ3v) is 6.61. The molecule has 0 aromatic carbocycles. The molecular formula is C12H17NO4S2. The molecule has 106 valence electrons. The fourth-order valence-electron chi connectivity index (χ4n) is 2.33. The Morgan fingerprint density at radius 1 is 1.47 bits per heavy atom. The minimum absolute atomic E-state index is 0.0983. The van der Waals surface area contributed by atoms with Gasteiger partial charge in [0.05, 0.1) is 13.2 Å².